The van der Waals surface area contributed by atoms with Gasteiger partial charge in [0.2, 0.25) is 11.8 Å². The van der Waals surface area contributed by atoms with Crippen LogP contribution in [0.4, 0.5) is 0 Å². The summed E-state index contributed by atoms with van der Waals surface area (Å²) in [4.78, 5) is 44.3. The standard InChI is InChI=1S/C27H26N4O4/c32-25-6-3-7-26(33)31(25)30-16-19-14-20(8-9-23(19)27(30)34)35-21-11-13-29(17-21)15-18-10-12-28-24-5-2-1-4-22(18)24/h1-2,4-5,8-10,12,14,21H,3,6-7,11,13,15-17H2/t21-/m0/s1. The average Bonchev–Trinajstić information content (AvgIpc) is 3.43. The number of hydrazine groups is 1. The monoisotopic (exact) mass is 470 g/mol. The number of carbonyl (C=O) groups excluding carboxylic acids is 3. The van der Waals surface area contributed by atoms with Crippen LogP contribution in [0.1, 0.15) is 47.2 Å². The maximum absolute atomic E-state index is 12.9. The lowest BCUT2D eigenvalue weighted by atomic mass is 10.1. The summed E-state index contributed by atoms with van der Waals surface area (Å²) in [7, 11) is 0. The third kappa shape index (κ3) is 4.04. The van der Waals surface area contributed by atoms with Crippen LogP contribution in [0.25, 0.3) is 10.9 Å². The van der Waals surface area contributed by atoms with Crippen LogP contribution in [0.5, 0.6) is 5.75 Å². The quantitative estimate of drug-likeness (QED) is 0.532. The Morgan fingerprint density at radius 1 is 1.00 bits per heavy atom. The molecule has 3 amide bonds. The molecule has 3 aromatic rings. The second-order valence-corrected chi connectivity index (χ2v) is 9.39. The van der Waals surface area contributed by atoms with Gasteiger partial charge in [-0.25, -0.2) is 5.01 Å². The molecule has 1 atom stereocenters. The van der Waals surface area contributed by atoms with Gasteiger partial charge in [-0.15, -0.1) is 0 Å². The van der Waals surface area contributed by atoms with E-state index in [1.807, 2.05) is 30.5 Å². The van der Waals surface area contributed by atoms with Gasteiger partial charge in [-0.2, -0.15) is 5.01 Å². The van der Waals surface area contributed by atoms with Gasteiger partial charge in [0.1, 0.15) is 11.9 Å². The number of carbonyl (C=O) groups is 3. The molecule has 1 aromatic heterocycles. The van der Waals surface area contributed by atoms with Crippen molar-refractivity contribution in [2.24, 2.45) is 0 Å². The summed E-state index contributed by atoms with van der Waals surface area (Å²) in [5.41, 5.74) is 3.55. The van der Waals surface area contributed by atoms with Crippen LogP contribution in [0.3, 0.4) is 0 Å². The number of aromatic nitrogens is 1. The Morgan fingerprint density at radius 2 is 1.83 bits per heavy atom. The van der Waals surface area contributed by atoms with Gasteiger partial charge in [0.05, 0.1) is 12.1 Å². The topological polar surface area (TPSA) is 83.1 Å². The largest absolute Gasteiger partial charge is 0.489 e. The second kappa shape index (κ2) is 8.78. The minimum Gasteiger partial charge on any atom is -0.489 e. The molecule has 3 aliphatic rings. The van der Waals surface area contributed by atoms with Crippen LogP contribution in [0, 0.1) is 0 Å². The Kier molecular flexibility index (Phi) is 5.45. The van der Waals surface area contributed by atoms with E-state index < -0.39 is 0 Å². The van der Waals surface area contributed by atoms with E-state index in [2.05, 4.69) is 22.0 Å². The normalized spacial score (nSPS) is 20.7. The second-order valence-electron chi connectivity index (χ2n) is 9.39. The number of likely N-dealkylation sites (tertiary alicyclic amines) is 1. The Morgan fingerprint density at radius 3 is 2.69 bits per heavy atom. The first-order chi connectivity index (χ1) is 17.1. The highest BCUT2D eigenvalue weighted by molar-refractivity contribution is 6.04. The molecule has 8 heteroatoms. The molecule has 0 N–H and O–H groups in total. The number of imide groups is 1. The Bertz CT molecular complexity index is 1320. The molecule has 0 radical (unpaired) electrons. The summed E-state index contributed by atoms with van der Waals surface area (Å²) < 4.78 is 6.28. The van der Waals surface area contributed by atoms with E-state index >= 15 is 0 Å². The van der Waals surface area contributed by atoms with Crippen molar-refractivity contribution in [3.63, 3.8) is 0 Å². The van der Waals surface area contributed by atoms with E-state index in [4.69, 9.17) is 4.74 Å². The van der Waals surface area contributed by atoms with Crippen LogP contribution in [0.2, 0.25) is 0 Å². The van der Waals surface area contributed by atoms with Crippen molar-refractivity contribution in [2.45, 2.75) is 44.9 Å². The first-order valence-corrected chi connectivity index (χ1v) is 12.1. The molecule has 3 aliphatic heterocycles. The number of hydrogen-bond acceptors (Lipinski definition) is 6. The van der Waals surface area contributed by atoms with E-state index in [1.165, 1.54) is 16.0 Å². The molecule has 35 heavy (non-hydrogen) atoms. The van der Waals surface area contributed by atoms with Crippen LogP contribution < -0.4 is 4.74 Å². The minimum atomic E-state index is -0.313. The third-order valence-corrected chi connectivity index (χ3v) is 7.02. The van der Waals surface area contributed by atoms with Crippen molar-refractivity contribution in [1.82, 2.24) is 19.9 Å². The Labute approximate surface area is 203 Å². The van der Waals surface area contributed by atoms with Gasteiger partial charge >= 0.3 is 0 Å². The summed E-state index contributed by atoms with van der Waals surface area (Å²) >= 11 is 0. The number of amides is 3. The van der Waals surface area contributed by atoms with Crippen molar-refractivity contribution in [3.8, 4) is 5.75 Å². The van der Waals surface area contributed by atoms with Gasteiger partial charge in [0, 0.05) is 49.6 Å². The highest BCUT2D eigenvalue weighted by atomic mass is 16.5. The molecule has 2 aromatic carbocycles. The highest BCUT2D eigenvalue weighted by Crippen LogP contribution is 2.31. The van der Waals surface area contributed by atoms with Crippen LogP contribution in [0.15, 0.2) is 54.7 Å². The van der Waals surface area contributed by atoms with Crippen molar-refractivity contribution in [3.05, 3.63) is 71.4 Å². The zero-order valence-corrected chi connectivity index (χ0v) is 19.4. The average molecular weight is 471 g/mol. The van der Waals surface area contributed by atoms with Crippen LogP contribution >= 0.6 is 0 Å². The van der Waals surface area contributed by atoms with Crippen LogP contribution in [-0.2, 0) is 22.7 Å². The number of nitrogens with zero attached hydrogens (tertiary/aromatic N) is 4. The molecule has 0 spiro atoms. The molecule has 6 rings (SSSR count). The number of ether oxygens (including phenoxy) is 1. The van der Waals surface area contributed by atoms with Crippen LogP contribution in [-0.4, -0.2) is 56.8 Å². The number of pyridine rings is 1. The summed E-state index contributed by atoms with van der Waals surface area (Å²) in [6.07, 6.45) is 3.95. The molecule has 178 valence electrons. The zero-order chi connectivity index (χ0) is 23.9. The SMILES string of the molecule is O=C1c2ccc(O[C@H]3CCN(Cc4ccnc5ccccc45)C3)cc2CN1N1C(=O)CCCC1=O. The van der Waals surface area contributed by atoms with Crippen molar-refractivity contribution in [1.29, 1.82) is 0 Å². The van der Waals surface area contributed by atoms with E-state index in [1.54, 1.807) is 12.1 Å². The summed E-state index contributed by atoms with van der Waals surface area (Å²) in [6.45, 7) is 2.80. The first kappa shape index (κ1) is 21.7. The lowest BCUT2D eigenvalue weighted by molar-refractivity contribution is -0.163. The van der Waals surface area contributed by atoms with Crippen molar-refractivity contribution in [2.75, 3.05) is 13.1 Å². The molecule has 0 aliphatic carbocycles. The number of benzene rings is 2. The number of hydrogen-bond donors (Lipinski definition) is 0. The zero-order valence-electron chi connectivity index (χ0n) is 19.4. The molecular weight excluding hydrogens is 444 g/mol. The predicted octanol–water partition coefficient (Wildman–Crippen LogP) is 3.30. The van der Waals surface area contributed by atoms with Gasteiger partial charge in [0.15, 0.2) is 0 Å². The minimum absolute atomic E-state index is 0.0552. The van der Waals surface area contributed by atoms with Gasteiger partial charge in [-0.1, -0.05) is 18.2 Å². The predicted molar refractivity (Wildman–Crippen MR) is 128 cm³/mol. The van der Waals surface area contributed by atoms with E-state index in [0.717, 1.165) is 42.1 Å². The van der Waals surface area contributed by atoms with Gasteiger partial charge in [-0.05, 0) is 54.3 Å². The third-order valence-electron chi connectivity index (χ3n) is 7.02. The lowest BCUT2D eigenvalue weighted by Gasteiger charge is -2.32. The maximum Gasteiger partial charge on any atom is 0.273 e. The number of rotatable bonds is 5. The van der Waals surface area contributed by atoms with E-state index in [0.29, 0.717) is 17.7 Å². The molecule has 0 bridgehead atoms. The van der Waals surface area contributed by atoms with Gasteiger partial charge in [0.25, 0.3) is 5.91 Å². The van der Waals surface area contributed by atoms with Gasteiger partial charge < -0.3 is 4.74 Å². The fourth-order valence-electron chi connectivity index (χ4n) is 5.29. The lowest BCUT2D eigenvalue weighted by Crippen LogP contribution is -2.51. The fourth-order valence-corrected chi connectivity index (χ4v) is 5.29. The maximum atomic E-state index is 12.9. The smallest absolute Gasteiger partial charge is 0.273 e. The van der Waals surface area contributed by atoms with Crippen molar-refractivity contribution >= 4 is 28.6 Å². The fraction of sp³-hybridized carbons (Fsp3) is 0.333. The van der Waals surface area contributed by atoms with Gasteiger partial charge in [-0.3, -0.25) is 24.3 Å². The molecule has 8 nitrogen and oxygen atoms in total. The summed E-state index contributed by atoms with van der Waals surface area (Å²) in [6, 6.07) is 15.7. The Balaban J connectivity index is 1.12. The summed E-state index contributed by atoms with van der Waals surface area (Å²) in [5.74, 6) is -0.235. The number of fused-ring (bicyclic) bond motifs is 2. The number of para-hydroxylation sites is 1. The van der Waals surface area contributed by atoms with Crippen molar-refractivity contribution < 1.29 is 19.1 Å². The molecule has 4 heterocycles. The molecular formula is C27H26N4O4. The Hall–Kier alpha value is -3.78. The number of piperidine rings is 1. The molecule has 2 saturated heterocycles. The first-order valence-electron chi connectivity index (χ1n) is 12.1. The van der Waals surface area contributed by atoms with E-state index in [9.17, 15) is 14.4 Å². The summed E-state index contributed by atoms with van der Waals surface area (Å²) in [5, 5.41) is 3.48. The molecule has 0 saturated carbocycles. The van der Waals surface area contributed by atoms with E-state index in [-0.39, 0.29) is 43.2 Å². The molecule has 2 fully saturated rings. The molecule has 0 unspecified atom stereocenters. The highest BCUT2D eigenvalue weighted by Gasteiger charge is 2.39.